The van der Waals surface area contributed by atoms with Crippen molar-refractivity contribution in [2.45, 2.75) is 18.9 Å². The van der Waals surface area contributed by atoms with Crippen LogP contribution in [0.15, 0.2) is 0 Å². The number of hydrogen-bond acceptors (Lipinski definition) is 2. The van der Waals surface area contributed by atoms with Crippen molar-refractivity contribution in [1.29, 1.82) is 0 Å². The van der Waals surface area contributed by atoms with Crippen molar-refractivity contribution >= 4 is 0 Å². The predicted molar refractivity (Wildman–Crippen MR) is 46.6 cm³/mol. The summed E-state index contributed by atoms with van der Waals surface area (Å²) < 4.78 is 0. The normalized spacial score (nSPS) is 40.9. The summed E-state index contributed by atoms with van der Waals surface area (Å²) in [5.41, 5.74) is 0. The van der Waals surface area contributed by atoms with E-state index in [1.807, 2.05) is 0 Å². The molecule has 64 valence electrons. The number of nitrogens with zero attached hydrogens (tertiary/aromatic N) is 2. The lowest BCUT2D eigenvalue weighted by molar-refractivity contribution is 0.157. The Balaban J connectivity index is 2.03. The van der Waals surface area contributed by atoms with Crippen LogP contribution in [0.25, 0.3) is 0 Å². The van der Waals surface area contributed by atoms with Crippen LogP contribution in [0.2, 0.25) is 0 Å². The Kier molecular flexibility index (Phi) is 1.90. The van der Waals surface area contributed by atoms with Gasteiger partial charge in [0.2, 0.25) is 0 Å². The van der Waals surface area contributed by atoms with Crippen molar-refractivity contribution in [2.24, 2.45) is 5.92 Å². The van der Waals surface area contributed by atoms with Crippen LogP contribution in [0.5, 0.6) is 0 Å². The molecule has 0 saturated carbocycles. The Morgan fingerprint density at radius 3 is 2.73 bits per heavy atom. The molecular formula is C9H18N2. The summed E-state index contributed by atoms with van der Waals surface area (Å²) in [5, 5.41) is 0. The lowest BCUT2D eigenvalue weighted by Crippen LogP contribution is -2.42. The molecule has 0 radical (unpaired) electrons. The molecule has 0 aromatic carbocycles. The van der Waals surface area contributed by atoms with Gasteiger partial charge in [0.25, 0.3) is 0 Å². The van der Waals surface area contributed by atoms with Gasteiger partial charge in [-0.15, -0.1) is 0 Å². The quantitative estimate of drug-likeness (QED) is 0.505. The minimum atomic E-state index is 0.869. The SMILES string of the molecule is CN1C[C@@H]2CCCN(C)[C@@H]2C1. The van der Waals surface area contributed by atoms with Crippen LogP contribution in [-0.4, -0.2) is 49.6 Å². The Morgan fingerprint density at radius 2 is 2.00 bits per heavy atom. The van der Waals surface area contributed by atoms with E-state index in [-0.39, 0.29) is 0 Å². The van der Waals surface area contributed by atoms with Crippen LogP contribution in [0.3, 0.4) is 0 Å². The number of fused-ring (bicyclic) bond motifs is 1. The molecule has 2 atom stereocenters. The first kappa shape index (κ1) is 7.56. The van der Waals surface area contributed by atoms with Crippen LogP contribution < -0.4 is 0 Å². The van der Waals surface area contributed by atoms with E-state index >= 15 is 0 Å². The predicted octanol–water partition coefficient (Wildman–Crippen LogP) is 0.642. The molecule has 2 fully saturated rings. The van der Waals surface area contributed by atoms with Gasteiger partial charge in [0.05, 0.1) is 0 Å². The van der Waals surface area contributed by atoms with Crippen LogP contribution >= 0.6 is 0 Å². The van der Waals surface area contributed by atoms with Gasteiger partial charge in [-0.3, -0.25) is 0 Å². The number of hydrogen-bond donors (Lipinski definition) is 0. The summed E-state index contributed by atoms with van der Waals surface area (Å²) in [6.07, 6.45) is 2.87. The Morgan fingerprint density at radius 1 is 1.18 bits per heavy atom. The first-order valence-electron chi connectivity index (χ1n) is 4.66. The zero-order chi connectivity index (χ0) is 7.84. The van der Waals surface area contributed by atoms with Gasteiger partial charge in [-0.05, 0) is 39.4 Å². The smallest absolute Gasteiger partial charge is 0.0260 e. The summed E-state index contributed by atoms with van der Waals surface area (Å²) in [4.78, 5) is 5.01. The maximum absolute atomic E-state index is 2.54. The average Bonchev–Trinajstić information content (AvgIpc) is 2.31. The van der Waals surface area contributed by atoms with E-state index in [4.69, 9.17) is 0 Å². The lowest BCUT2D eigenvalue weighted by atomic mass is 9.93. The van der Waals surface area contributed by atoms with Crippen molar-refractivity contribution < 1.29 is 0 Å². The highest BCUT2D eigenvalue weighted by Crippen LogP contribution is 2.28. The number of rotatable bonds is 0. The zero-order valence-corrected chi connectivity index (χ0v) is 7.58. The van der Waals surface area contributed by atoms with E-state index in [0.717, 1.165) is 12.0 Å². The van der Waals surface area contributed by atoms with Gasteiger partial charge in [-0.25, -0.2) is 0 Å². The van der Waals surface area contributed by atoms with Gasteiger partial charge in [-0.2, -0.15) is 0 Å². The molecule has 2 rings (SSSR count). The second-order valence-corrected chi connectivity index (χ2v) is 4.17. The third kappa shape index (κ3) is 1.30. The topological polar surface area (TPSA) is 6.48 Å². The third-order valence-corrected chi connectivity index (χ3v) is 3.24. The highest BCUT2D eigenvalue weighted by Gasteiger charge is 2.35. The van der Waals surface area contributed by atoms with Gasteiger partial charge in [0, 0.05) is 19.1 Å². The first-order valence-corrected chi connectivity index (χ1v) is 4.66. The average molecular weight is 154 g/mol. The molecule has 0 spiro atoms. The molecular weight excluding hydrogens is 136 g/mol. The fourth-order valence-corrected chi connectivity index (χ4v) is 2.62. The number of likely N-dealkylation sites (tertiary alicyclic amines) is 2. The molecule has 2 aliphatic heterocycles. The van der Waals surface area contributed by atoms with E-state index in [2.05, 4.69) is 23.9 Å². The van der Waals surface area contributed by atoms with E-state index in [1.165, 1.54) is 32.5 Å². The van der Waals surface area contributed by atoms with Gasteiger partial charge >= 0.3 is 0 Å². The molecule has 0 N–H and O–H groups in total. The molecule has 11 heavy (non-hydrogen) atoms. The van der Waals surface area contributed by atoms with Crippen molar-refractivity contribution in [2.75, 3.05) is 33.7 Å². The fraction of sp³-hybridized carbons (Fsp3) is 1.00. The molecule has 2 heteroatoms. The fourth-order valence-electron chi connectivity index (χ4n) is 2.62. The summed E-state index contributed by atoms with van der Waals surface area (Å²) >= 11 is 0. The van der Waals surface area contributed by atoms with Crippen molar-refractivity contribution in [3.05, 3.63) is 0 Å². The van der Waals surface area contributed by atoms with Gasteiger partial charge in [0.1, 0.15) is 0 Å². The van der Waals surface area contributed by atoms with Gasteiger partial charge in [-0.1, -0.05) is 0 Å². The maximum atomic E-state index is 2.54. The van der Waals surface area contributed by atoms with Crippen LogP contribution in [0.4, 0.5) is 0 Å². The van der Waals surface area contributed by atoms with Crippen LogP contribution in [0, 0.1) is 5.92 Å². The second-order valence-electron chi connectivity index (χ2n) is 4.17. The molecule has 0 bridgehead atoms. The molecule has 0 aromatic heterocycles. The Bertz CT molecular complexity index is 146. The van der Waals surface area contributed by atoms with Crippen molar-refractivity contribution in [1.82, 2.24) is 9.80 Å². The standard InChI is InChI=1S/C9H18N2/c1-10-6-8-4-3-5-11(2)9(8)7-10/h8-9H,3-7H2,1-2H3/t8-,9+/m0/s1. The molecule has 0 aromatic rings. The Hall–Kier alpha value is -0.0800. The Labute approximate surface area is 69.2 Å². The molecule has 2 heterocycles. The second kappa shape index (κ2) is 2.76. The summed E-state index contributed by atoms with van der Waals surface area (Å²) in [5.74, 6) is 0.971. The minimum absolute atomic E-state index is 0.869. The van der Waals surface area contributed by atoms with Gasteiger partial charge in [0.15, 0.2) is 0 Å². The van der Waals surface area contributed by atoms with Gasteiger partial charge < -0.3 is 9.80 Å². The third-order valence-electron chi connectivity index (χ3n) is 3.24. The van der Waals surface area contributed by atoms with E-state index < -0.39 is 0 Å². The molecule has 2 aliphatic rings. The highest BCUT2D eigenvalue weighted by molar-refractivity contribution is 4.91. The van der Waals surface area contributed by atoms with Crippen LogP contribution in [-0.2, 0) is 0 Å². The lowest BCUT2D eigenvalue weighted by Gasteiger charge is -2.33. The van der Waals surface area contributed by atoms with E-state index in [0.29, 0.717) is 0 Å². The van der Waals surface area contributed by atoms with Crippen molar-refractivity contribution in [3.8, 4) is 0 Å². The largest absolute Gasteiger partial charge is 0.304 e. The molecule has 2 saturated heterocycles. The summed E-state index contributed by atoms with van der Waals surface area (Å²) in [6.45, 7) is 3.94. The molecule has 2 nitrogen and oxygen atoms in total. The monoisotopic (exact) mass is 154 g/mol. The number of likely N-dealkylation sites (N-methyl/N-ethyl adjacent to an activating group) is 2. The molecule has 0 unspecified atom stereocenters. The van der Waals surface area contributed by atoms with Crippen LogP contribution in [0.1, 0.15) is 12.8 Å². The highest BCUT2D eigenvalue weighted by atomic mass is 15.2. The molecule has 0 amide bonds. The minimum Gasteiger partial charge on any atom is -0.304 e. The van der Waals surface area contributed by atoms with Crippen molar-refractivity contribution in [3.63, 3.8) is 0 Å². The van der Waals surface area contributed by atoms with E-state index in [1.54, 1.807) is 0 Å². The first-order chi connectivity index (χ1) is 5.27. The number of piperidine rings is 1. The summed E-state index contributed by atoms with van der Waals surface area (Å²) in [6, 6.07) is 0.869. The van der Waals surface area contributed by atoms with E-state index in [9.17, 15) is 0 Å². The molecule has 0 aliphatic carbocycles. The summed E-state index contributed by atoms with van der Waals surface area (Å²) in [7, 11) is 4.52. The zero-order valence-electron chi connectivity index (χ0n) is 7.58. The maximum Gasteiger partial charge on any atom is 0.0260 e.